The number of fused-ring (bicyclic) bond motifs is 1. The summed E-state index contributed by atoms with van der Waals surface area (Å²) in [7, 11) is 0. The van der Waals surface area contributed by atoms with E-state index in [1.165, 1.54) is 0 Å². The number of carbonyl (C=O) groups is 1. The summed E-state index contributed by atoms with van der Waals surface area (Å²) >= 11 is 0. The number of aromatic amines is 1. The molecule has 2 heterocycles. The SMILES string of the molecule is O=C(Nc1ccc2n[nH]c(/C=C/c3ccccn3)c2c1)c1cc(F)cc(F)c1. The molecule has 0 fully saturated rings. The molecule has 2 aromatic carbocycles. The van der Waals surface area contributed by atoms with Crippen LogP contribution in [0.4, 0.5) is 14.5 Å². The van der Waals surface area contributed by atoms with Gasteiger partial charge in [-0.3, -0.25) is 14.9 Å². The number of pyridine rings is 1. The van der Waals surface area contributed by atoms with Crippen molar-refractivity contribution in [3.63, 3.8) is 0 Å². The molecule has 4 rings (SSSR count). The van der Waals surface area contributed by atoms with E-state index in [4.69, 9.17) is 0 Å². The zero-order valence-electron chi connectivity index (χ0n) is 14.5. The van der Waals surface area contributed by atoms with Gasteiger partial charge in [0.25, 0.3) is 5.91 Å². The second-order valence-electron chi connectivity index (χ2n) is 6.07. The van der Waals surface area contributed by atoms with E-state index in [0.29, 0.717) is 11.8 Å². The van der Waals surface area contributed by atoms with Crippen LogP contribution in [-0.4, -0.2) is 21.1 Å². The number of anilines is 1. The Morgan fingerprint density at radius 3 is 2.57 bits per heavy atom. The van der Waals surface area contributed by atoms with E-state index >= 15 is 0 Å². The fraction of sp³-hybridized carbons (Fsp3) is 0. The molecule has 5 nitrogen and oxygen atoms in total. The van der Waals surface area contributed by atoms with Crippen molar-refractivity contribution in [2.45, 2.75) is 0 Å². The number of aromatic nitrogens is 3. The molecular formula is C21H14F2N4O. The lowest BCUT2D eigenvalue weighted by molar-refractivity contribution is 0.102. The Hall–Kier alpha value is -3.87. The van der Waals surface area contributed by atoms with Gasteiger partial charge in [0.05, 0.1) is 16.9 Å². The molecule has 0 bridgehead atoms. The summed E-state index contributed by atoms with van der Waals surface area (Å²) in [6.07, 6.45) is 5.38. The predicted octanol–water partition coefficient (Wildman–Crippen LogP) is 4.66. The first-order valence-electron chi connectivity index (χ1n) is 8.43. The van der Waals surface area contributed by atoms with Crippen molar-refractivity contribution in [2.24, 2.45) is 0 Å². The number of nitrogens with zero attached hydrogens (tertiary/aromatic N) is 2. The third-order valence-corrected chi connectivity index (χ3v) is 4.07. The molecule has 2 N–H and O–H groups in total. The van der Waals surface area contributed by atoms with Gasteiger partial charge in [-0.05, 0) is 54.6 Å². The Labute approximate surface area is 158 Å². The largest absolute Gasteiger partial charge is 0.322 e. The van der Waals surface area contributed by atoms with E-state index in [9.17, 15) is 13.6 Å². The van der Waals surface area contributed by atoms with Crippen molar-refractivity contribution in [3.8, 4) is 0 Å². The van der Waals surface area contributed by atoms with Gasteiger partial charge in [0.2, 0.25) is 0 Å². The van der Waals surface area contributed by atoms with E-state index in [2.05, 4.69) is 20.5 Å². The number of benzene rings is 2. The second-order valence-corrected chi connectivity index (χ2v) is 6.07. The maximum absolute atomic E-state index is 13.3. The zero-order valence-corrected chi connectivity index (χ0v) is 14.5. The van der Waals surface area contributed by atoms with E-state index in [1.807, 2.05) is 30.4 Å². The highest BCUT2D eigenvalue weighted by Gasteiger charge is 2.11. The summed E-state index contributed by atoms with van der Waals surface area (Å²) in [4.78, 5) is 16.5. The minimum absolute atomic E-state index is 0.0972. The van der Waals surface area contributed by atoms with Crippen LogP contribution in [0.25, 0.3) is 23.1 Å². The summed E-state index contributed by atoms with van der Waals surface area (Å²) in [5.41, 5.74) is 2.64. The first-order chi connectivity index (χ1) is 13.6. The van der Waals surface area contributed by atoms with Gasteiger partial charge < -0.3 is 5.32 Å². The molecule has 0 radical (unpaired) electrons. The van der Waals surface area contributed by atoms with Crippen LogP contribution in [0.2, 0.25) is 0 Å². The lowest BCUT2D eigenvalue weighted by Crippen LogP contribution is -2.12. The predicted molar refractivity (Wildman–Crippen MR) is 104 cm³/mol. The highest BCUT2D eigenvalue weighted by Crippen LogP contribution is 2.23. The molecule has 0 aliphatic rings. The number of carbonyl (C=O) groups excluding carboxylic acids is 1. The molecule has 0 spiro atoms. The number of amides is 1. The van der Waals surface area contributed by atoms with Gasteiger partial charge in [-0.2, -0.15) is 5.10 Å². The third-order valence-electron chi connectivity index (χ3n) is 4.07. The lowest BCUT2D eigenvalue weighted by Gasteiger charge is -2.06. The van der Waals surface area contributed by atoms with Gasteiger partial charge in [0, 0.05) is 28.9 Å². The number of H-pyrrole nitrogens is 1. The van der Waals surface area contributed by atoms with Crippen LogP contribution in [0.5, 0.6) is 0 Å². The van der Waals surface area contributed by atoms with Gasteiger partial charge in [-0.15, -0.1) is 0 Å². The lowest BCUT2D eigenvalue weighted by atomic mass is 10.1. The smallest absolute Gasteiger partial charge is 0.255 e. The standard InChI is InChI=1S/C21H14F2N4O/c22-14-9-13(10-15(23)11-14)21(28)25-17-5-7-20-18(12-17)19(26-27-20)6-4-16-3-1-2-8-24-16/h1-12H,(H,25,28)(H,26,27)/b6-4+. The van der Waals surface area contributed by atoms with Crippen molar-refractivity contribution in [1.82, 2.24) is 15.2 Å². The van der Waals surface area contributed by atoms with Crippen molar-refractivity contribution >= 4 is 34.6 Å². The fourth-order valence-electron chi connectivity index (χ4n) is 2.77. The van der Waals surface area contributed by atoms with E-state index in [0.717, 1.165) is 34.4 Å². The van der Waals surface area contributed by atoms with Crippen LogP contribution >= 0.6 is 0 Å². The average Bonchev–Trinajstić information content (AvgIpc) is 3.09. The van der Waals surface area contributed by atoms with Crippen molar-refractivity contribution < 1.29 is 13.6 Å². The zero-order chi connectivity index (χ0) is 19.5. The highest BCUT2D eigenvalue weighted by molar-refractivity contribution is 6.05. The first-order valence-corrected chi connectivity index (χ1v) is 8.43. The molecular weight excluding hydrogens is 362 g/mol. The molecule has 1 amide bonds. The minimum Gasteiger partial charge on any atom is -0.322 e. The van der Waals surface area contributed by atoms with Crippen LogP contribution in [0.15, 0.2) is 60.8 Å². The Bertz CT molecular complexity index is 1170. The molecule has 0 aliphatic heterocycles. The second kappa shape index (κ2) is 7.40. The van der Waals surface area contributed by atoms with Gasteiger partial charge in [0.15, 0.2) is 0 Å². The Morgan fingerprint density at radius 2 is 1.82 bits per heavy atom. The van der Waals surface area contributed by atoms with Gasteiger partial charge in [-0.25, -0.2) is 8.78 Å². The fourth-order valence-corrected chi connectivity index (χ4v) is 2.77. The van der Waals surface area contributed by atoms with Crippen molar-refractivity contribution in [2.75, 3.05) is 5.32 Å². The molecule has 0 saturated carbocycles. The van der Waals surface area contributed by atoms with E-state index in [-0.39, 0.29) is 5.56 Å². The first kappa shape index (κ1) is 17.5. The molecule has 4 aromatic rings. The molecule has 0 unspecified atom stereocenters. The number of rotatable bonds is 4. The van der Waals surface area contributed by atoms with Gasteiger partial charge in [-0.1, -0.05) is 6.07 Å². The average molecular weight is 376 g/mol. The molecule has 7 heteroatoms. The Morgan fingerprint density at radius 1 is 1.00 bits per heavy atom. The van der Waals surface area contributed by atoms with Crippen LogP contribution in [-0.2, 0) is 0 Å². The normalized spacial score (nSPS) is 11.2. The summed E-state index contributed by atoms with van der Waals surface area (Å²) < 4.78 is 26.7. The van der Waals surface area contributed by atoms with Crippen molar-refractivity contribution in [3.05, 3.63) is 89.4 Å². The van der Waals surface area contributed by atoms with E-state index < -0.39 is 17.5 Å². The molecule has 0 aliphatic carbocycles. The van der Waals surface area contributed by atoms with Crippen LogP contribution in [0.1, 0.15) is 21.7 Å². The Kier molecular flexibility index (Phi) is 4.63. The molecule has 28 heavy (non-hydrogen) atoms. The molecule has 138 valence electrons. The summed E-state index contributed by atoms with van der Waals surface area (Å²) in [6.45, 7) is 0. The summed E-state index contributed by atoms with van der Waals surface area (Å²) in [5.74, 6) is -2.22. The third kappa shape index (κ3) is 3.78. The maximum Gasteiger partial charge on any atom is 0.255 e. The molecule has 0 atom stereocenters. The van der Waals surface area contributed by atoms with Gasteiger partial charge >= 0.3 is 0 Å². The highest BCUT2D eigenvalue weighted by atomic mass is 19.1. The van der Waals surface area contributed by atoms with Crippen molar-refractivity contribution in [1.29, 1.82) is 0 Å². The topological polar surface area (TPSA) is 70.7 Å². The quantitative estimate of drug-likeness (QED) is 0.544. The monoisotopic (exact) mass is 376 g/mol. The number of nitrogens with one attached hydrogen (secondary N) is 2. The van der Waals surface area contributed by atoms with Gasteiger partial charge in [0.1, 0.15) is 11.6 Å². The minimum atomic E-state index is -0.808. The van der Waals surface area contributed by atoms with Crippen LogP contribution in [0.3, 0.4) is 0 Å². The number of halogens is 2. The Balaban J connectivity index is 1.60. The number of hydrogen-bond acceptors (Lipinski definition) is 3. The summed E-state index contributed by atoms with van der Waals surface area (Å²) in [5, 5.41) is 10.6. The molecule has 0 saturated heterocycles. The van der Waals surface area contributed by atoms with Crippen LogP contribution < -0.4 is 5.32 Å². The van der Waals surface area contributed by atoms with E-state index in [1.54, 1.807) is 24.4 Å². The number of hydrogen-bond donors (Lipinski definition) is 2. The molecule has 2 aromatic heterocycles. The maximum atomic E-state index is 13.3. The summed E-state index contributed by atoms with van der Waals surface area (Å²) in [6, 6.07) is 13.4. The van der Waals surface area contributed by atoms with Crippen LogP contribution in [0, 0.1) is 11.6 Å².